The number of halogens is 1. The lowest BCUT2D eigenvalue weighted by atomic mass is 10.2. The third kappa shape index (κ3) is 3.87. The van der Waals surface area contributed by atoms with Crippen LogP contribution in [-0.2, 0) is 16.6 Å². The lowest BCUT2D eigenvalue weighted by molar-refractivity contribution is 0.581. The second-order valence-corrected chi connectivity index (χ2v) is 9.72. The van der Waals surface area contributed by atoms with Crippen molar-refractivity contribution in [2.75, 3.05) is 0 Å². The quantitative estimate of drug-likeness (QED) is 0.682. The van der Waals surface area contributed by atoms with E-state index in [0.717, 1.165) is 26.0 Å². The summed E-state index contributed by atoms with van der Waals surface area (Å²) in [6.07, 6.45) is 0. The minimum Gasteiger partial charge on any atom is -0.241 e. The maximum Gasteiger partial charge on any atom is 0.241 e. The highest BCUT2D eigenvalue weighted by atomic mass is 35.5. The molecule has 4 nitrogen and oxygen atoms in total. The number of hydrogen-bond donors (Lipinski definition) is 1. The summed E-state index contributed by atoms with van der Waals surface area (Å²) in [6.45, 7) is 3.96. The van der Waals surface area contributed by atoms with Crippen LogP contribution in [0.3, 0.4) is 0 Å². The van der Waals surface area contributed by atoms with Gasteiger partial charge in [0.1, 0.15) is 0 Å². The van der Waals surface area contributed by atoms with Crippen LogP contribution >= 0.6 is 34.3 Å². The predicted octanol–water partition coefficient (Wildman–Crippen LogP) is 4.62. The van der Waals surface area contributed by atoms with E-state index in [-0.39, 0.29) is 6.54 Å². The summed E-state index contributed by atoms with van der Waals surface area (Å²) in [5.41, 5.74) is 1.68. The van der Waals surface area contributed by atoms with Gasteiger partial charge in [-0.15, -0.1) is 22.7 Å². The van der Waals surface area contributed by atoms with Crippen LogP contribution in [0.5, 0.6) is 0 Å². The summed E-state index contributed by atoms with van der Waals surface area (Å²) in [4.78, 5) is 6.34. The SMILES string of the molecule is Cc1nc(-c2cc(S(=O)(=O)NCc3ccc(Cl)cc3)c(C)s2)cs1. The van der Waals surface area contributed by atoms with E-state index in [1.54, 1.807) is 41.7 Å². The zero-order valence-corrected chi connectivity index (χ0v) is 16.2. The van der Waals surface area contributed by atoms with E-state index in [4.69, 9.17) is 11.6 Å². The van der Waals surface area contributed by atoms with Crippen LogP contribution in [0.2, 0.25) is 5.02 Å². The molecule has 8 heteroatoms. The van der Waals surface area contributed by atoms with Gasteiger partial charge in [0, 0.05) is 21.8 Å². The number of thiophene rings is 1. The first-order valence-electron chi connectivity index (χ1n) is 7.12. The molecule has 1 aromatic carbocycles. The van der Waals surface area contributed by atoms with Crippen molar-refractivity contribution < 1.29 is 8.42 Å². The summed E-state index contributed by atoms with van der Waals surface area (Å²) >= 11 is 8.83. The first-order chi connectivity index (χ1) is 11.3. The Kier molecular flexibility index (Phi) is 5.08. The van der Waals surface area contributed by atoms with Gasteiger partial charge in [-0.05, 0) is 37.6 Å². The van der Waals surface area contributed by atoms with Crippen molar-refractivity contribution >= 4 is 44.3 Å². The minimum absolute atomic E-state index is 0.222. The van der Waals surface area contributed by atoms with Gasteiger partial charge in [-0.3, -0.25) is 0 Å². The number of aromatic nitrogens is 1. The molecule has 2 aromatic heterocycles. The molecule has 0 unspecified atom stereocenters. The maximum absolute atomic E-state index is 12.6. The van der Waals surface area contributed by atoms with Gasteiger partial charge in [-0.25, -0.2) is 18.1 Å². The molecule has 0 aliphatic carbocycles. The van der Waals surface area contributed by atoms with E-state index >= 15 is 0 Å². The van der Waals surface area contributed by atoms with Crippen molar-refractivity contribution in [3.05, 3.63) is 56.2 Å². The summed E-state index contributed by atoms with van der Waals surface area (Å²) in [6, 6.07) is 8.77. The lowest BCUT2D eigenvalue weighted by Gasteiger charge is -2.06. The molecule has 1 N–H and O–H groups in total. The van der Waals surface area contributed by atoms with Crippen LogP contribution in [0, 0.1) is 13.8 Å². The van der Waals surface area contributed by atoms with E-state index < -0.39 is 10.0 Å². The van der Waals surface area contributed by atoms with Gasteiger partial charge in [-0.2, -0.15) is 0 Å². The fraction of sp³-hybridized carbons (Fsp3) is 0.188. The highest BCUT2D eigenvalue weighted by Gasteiger charge is 2.21. The highest BCUT2D eigenvalue weighted by molar-refractivity contribution is 7.89. The Balaban J connectivity index is 1.81. The normalized spacial score (nSPS) is 11.8. The van der Waals surface area contributed by atoms with Crippen molar-refractivity contribution in [2.24, 2.45) is 0 Å². The zero-order chi connectivity index (χ0) is 17.3. The third-order valence-electron chi connectivity index (χ3n) is 3.41. The standard InChI is InChI=1S/C16H15ClN2O2S3/c1-10-16(7-15(23-10)14-9-22-11(2)19-14)24(20,21)18-8-12-3-5-13(17)6-4-12/h3-7,9,18H,8H2,1-2H3. The fourth-order valence-corrected chi connectivity index (χ4v) is 5.57. The molecule has 2 heterocycles. The number of benzene rings is 1. The molecule has 0 amide bonds. The summed E-state index contributed by atoms with van der Waals surface area (Å²) < 4.78 is 27.8. The monoisotopic (exact) mass is 398 g/mol. The first kappa shape index (κ1) is 17.6. The Morgan fingerprint density at radius 2 is 1.92 bits per heavy atom. The van der Waals surface area contributed by atoms with Gasteiger partial charge in [0.2, 0.25) is 10.0 Å². The van der Waals surface area contributed by atoms with E-state index in [1.807, 2.05) is 19.2 Å². The molecule has 0 saturated carbocycles. The molecule has 24 heavy (non-hydrogen) atoms. The first-order valence-corrected chi connectivity index (χ1v) is 10.7. The van der Waals surface area contributed by atoms with Gasteiger partial charge in [0.25, 0.3) is 0 Å². The molecule has 0 saturated heterocycles. The van der Waals surface area contributed by atoms with E-state index in [0.29, 0.717) is 9.92 Å². The van der Waals surface area contributed by atoms with E-state index in [1.165, 1.54) is 11.3 Å². The van der Waals surface area contributed by atoms with Gasteiger partial charge in [0.05, 0.1) is 20.5 Å². The van der Waals surface area contributed by atoms with E-state index in [9.17, 15) is 8.42 Å². The topological polar surface area (TPSA) is 59.1 Å². The van der Waals surface area contributed by atoms with Gasteiger partial charge < -0.3 is 0 Å². The molecule has 3 aromatic rings. The summed E-state index contributed by atoms with van der Waals surface area (Å²) in [5, 5.41) is 3.53. The molecule has 0 atom stereocenters. The van der Waals surface area contributed by atoms with Crippen LogP contribution in [0.15, 0.2) is 40.6 Å². The number of nitrogens with zero attached hydrogens (tertiary/aromatic N) is 1. The summed E-state index contributed by atoms with van der Waals surface area (Å²) in [5.74, 6) is 0. The second-order valence-electron chi connectivity index (χ2n) is 5.23. The molecule has 126 valence electrons. The van der Waals surface area contributed by atoms with Gasteiger partial charge >= 0.3 is 0 Å². The molecule has 0 fully saturated rings. The van der Waals surface area contributed by atoms with Crippen LogP contribution in [0.4, 0.5) is 0 Å². The molecule has 0 aliphatic heterocycles. The Hall–Kier alpha value is -1.25. The highest BCUT2D eigenvalue weighted by Crippen LogP contribution is 2.34. The number of sulfonamides is 1. The number of aryl methyl sites for hydroxylation is 2. The molecule has 0 spiro atoms. The van der Waals surface area contributed by atoms with Crippen molar-refractivity contribution in [2.45, 2.75) is 25.3 Å². The molecular formula is C16H15ClN2O2S3. The number of thiazole rings is 1. The van der Waals surface area contributed by atoms with Crippen molar-refractivity contribution in [1.82, 2.24) is 9.71 Å². The smallest absolute Gasteiger partial charge is 0.241 e. The van der Waals surface area contributed by atoms with Crippen LogP contribution < -0.4 is 4.72 Å². The van der Waals surface area contributed by atoms with Gasteiger partial charge in [0.15, 0.2) is 0 Å². The fourth-order valence-electron chi connectivity index (χ4n) is 2.19. The minimum atomic E-state index is -3.58. The summed E-state index contributed by atoms with van der Waals surface area (Å²) in [7, 11) is -3.58. The molecule has 0 aliphatic rings. The number of rotatable bonds is 5. The largest absolute Gasteiger partial charge is 0.241 e. The van der Waals surface area contributed by atoms with Crippen LogP contribution in [0.1, 0.15) is 15.4 Å². The molecule has 0 radical (unpaired) electrons. The Morgan fingerprint density at radius 1 is 1.21 bits per heavy atom. The average Bonchev–Trinajstić information content (AvgIpc) is 3.13. The zero-order valence-electron chi connectivity index (χ0n) is 13.0. The third-order valence-corrected chi connectivity index (χ3v) is 7.17. The Morgan fingerprint density at radius 3 is 2.54 bits per heavy atom. The Bertz CT molecular complexity index is 960. The Labute approximate surface area is 154 Å². The van der Waals surface area contributed by atoms with Crippen molar-refractivity contribution in [1.29, 1.82) is 0 Å². The average molecular weight is 399 g/mol. The molecular weight excluding hydrogens is 384 g/mol. The number of nitrogens with one attached hydrogen (secondary N) is 1. The predicted molar refractivity (Wildman–Crippen MR) is 100 cm³/mol. The van der Waals surface area contributed by atoms with Crippen LogP contribution in [0.25, 0.3) is 10.6 Å². The van der Waals surface area contributed by atoms with Crippen molar-refractivity contribution in [3.8, 4) is 10.6 Å². The van der Waals surface area contributed by atoms with Crippen molar-refractivity contribution in [3.63, 3.8) is 0 Å². The molecule has 3 rings (SSSR count). The lowest BCUT2D eigenvalue weighted by Crippen LogP contribution is -2.23. The van der Waals surface area contributed by atoms with Crippen LogP contribution in [-0.4, -0.2) is 13.4 Å². The van der Waals surface area contributed by atoms with E-state index in [2.05, 4.69) is 9.71 Å². The van der Waals surface area contributed by atoms with Gasteiger partial charge in [-0.1, -0.05) is 23.7 Å². The number of hydrogen-bond acceptors (Lipinski definition) is 5. The second kappa shape index (κ2) is 6.93. The maximum atomic E-state index is 12.6. The molecule has 0 bridgehead atoms.